The van der Waals surface area contributed by atoms with E-state index in [0.29, 0.717) is 0 Å². The summed E-state index contributed by atoms with van der Waals surface area (Å²) in [5, 5.41) is 5.94. The van der Waals surface area contributed by atoms with Gasteiger partial charge < -0.3 is 5.32 Å². The Morgan fingerprint density at radius 2 is 1.78 bits per heavy atom. The second kappa shape index (κ2) is 4.88. The first kappa shape index (κ1) is 10.8. The third-order valence-electron chi connectivity index (χ3n) is 2.97. The van der Waals surface area contributed by atoms with Crippen LogP contribution >= 0.6 is 0 Å². The van der Waals surface area contributed by atoms with Crippen molar-refractivity contribution in [1.29, 1.82) is 0 Å². The van der Waals surface area contributed by atoms with Crippen LogP contribution in [0.25, 0.3) is 10.8 Å². The highest BCUT2D eigenvalue weighted by Crippen LogP contribution is 2.19. The van der Waals surface area contributed by atoms with E-state index in [-0.39, 0.29) is 0 Å². The lowest BCUT2D eigenvalue weighted by atomic mass is 10.1. The van der Waals surface area contributed by atoms with Gasteiger partial charge in [-0.2, -0.15) is 0 Å². The lowest BCUT2D eigenvalue weighted by Gasteiger charge is -2.07. The molecule has 0 bridgehead atoms. The summed E-state index contributed by atoms with van der Waals surface area (Å²) in [7, 11) is 0. The van der Waals surface area contributed by atoms with E-state index in [4.69, 9.17) is 0 Å². The number of nitrogens with zero attached hydrogens (tertiary/aromatic N) is 1. The molecule has 0 fully saturated rings. The molecule has 0 aliphatic carbocycles. The molecule has 1 heterocycles. The van der Waals surface area contributed by atoms with Crippen molar-refractivity contribution in [2.45, 2.75) is 6.54 Å². The molecule has 1 N–H and O–H groups in total. The highest BCUT2D eigenvalue weighted by molar-refractivity contribution is 5.85. The van der Waals surface area contributed by atoms with Crippen LogP contribution in [0.3, 0.4) is 0 Å². The number of anilines is 1. The van der Waals surface area contributed by atoms with E-state index in [1.807, 2.05) is 12.3 Å². The van der Waals surface area contributed by atoms with Gasteiger partial charge in [-0.25, -0.2) is 0 Å². The summed E-state index contributed by atoms with van der Waals surface area (Å²) >= 11 is 0. The van der Waals surface area contributed by atoms with Crippen LogP contribution in [0.2, 0.25) is 0 Å². The predicted octanol–water partition coefficient (Wildman–Crippen LogP) is 3.85. The minimum Gasteiger partial charge on any atom is -0.381 e. The summed E-state index contributed by atoms with van der Waals surface area (Å²) in [4.78, 5) is 4.11. The standard InChI is InChI=1S/C16H14N2/c1-2-6-15-10-16(8-7-14(15)5-1)18-12-13-4-3-9-17-11-13/h1-11,18H,12H2. The molecule has 3 aromatic rings. The van der Waals surface area contributed by atoms with Crippen LogP contribution < -0.4 is 5.32 Å². The van der Waals surface area contributed by atoms with Crippen molar-refractivity contribution in [2.75, 3.05) is 5.32 Å². The largest absolute Gasteiger partial charge is 0.381 e. The van der Waals surface area contributed by atoms with Gasteiger partial charge in [0.1, 0.15) is 0 Å². The summed E-state index contributed by atoms with van der Waals surface area (Å²) in [5.41, 5.74) is 2.32. The number of aromatic nitrogens is 1. The number of fused-ring (bicyclic) bond motifs is 1. The van der Waals surface area contributed by atoms with Crippen molar-refractivity contribution in [3.05, 3.63) is 72.6 Å². The first-order chi connectivity index (χ1) is 8.92. The molecule has 2 aromatic carbocycles. The first-order valence-corrected chi connectivity index (χ1v) is 6.03. The molecular weight excluding hydrogens is 220 g/mol. The molecule has 0 aliphatic rings. The molecular formula is C16H14N2. The molecule has 0 saturated carbocycles. The van der Waals surface area contributed by atoms with Gasteiger partial charge in [0.15, 0.2) is 0 Å². The molecule has 0 unspecified atom stereocenters. The van der Waals surface area contributed by atoms with E-state index in [9.17, 15) is 0 Å². The summed E-state index contributed by atoms with van der Waals surface area (Å²) in [6.07, 6.45) is 3.67. The van der Waals surface area contributed by atoms with Gasteiger partial charge in [0.25, 0.3) is 0 Å². The third kappa shape index (κ3) is 2.33. The average molecular weight is 234 g/mol. The Kier molecular flexibility index (Phi) is 2.92. The molecule has 2 heteroatoms. The van der Waals surface area contributed by atoms with Crippen LogP contribution in [-0.4, -0.2) is 4.98 Å². The van der Waals surface area contributed by atoms with E-state index in [1.54, 1.807) is 6.20 Å². The topological polar surface area (TPSA) is 24.9 Å². The first-order valence-electron chi connectivity index (χ1n) is 6.03. The summed E-state index contributed by atoms with van der Waals surface area (Å²) in [6, 6.07) is 18.8. The van der Waals surface area contributed by atoms with E-state index < -0.39 is 0 Å². The Labute approximate surface area is 106 Å². The second-order valence-electron chi connectivity index (χ2n) is 4.28. The van der Waals surface area contributed by atoms with Gasteiger partial charge in [-0.05, 0) is 34.5 Å². The van der Waals surface area contributed by atoms with E-state index >= 15 is 0 Å². The van der Waals surface area contributed by atoms with Crippen LogP contribution in [0.5, 0.6) is 0 Å². The minimum absolute atomic E-state index is 0.798. The predicted molar refractivity (Wildman–Crippen MR) is 75.5 cm³/mol. The van der Waals surface area contributed by atoms with Gasteiger partial charge in [-0.1, -0.05) is 36.4 Å². The monoisotopic (exact) mass is 234 g/mol. The van der Waals surface area contributed by atoms with Gasteiger partial charge in [-0.15, -0.1) is 0 Å². The van der Waals surface area contributed by atoms with Gasteiger partial charge in [0.2, 0.25) is 0 Å². The SMILES string of the molecule is c1cncc(CNc2ccc3ccccc3c2)c1. The Morgan fingerprint density at radius 1 is 0.889 bits per heavy atom. The van der Waals surface area contributed by atoms with Gasteiger partial charge in [0.05, 0.1) is 0 Å². The van der Waals surface area contributed by atoms with Gasteiger partial charge in [0, 0.05) is 24.6 Å². The molecule has 0 atom stereocenters. The van der Waals surface area contributed by atoms with Crippen molar-refractivity contribution in [2.24, 2.45) is 0 Å². The Bertz CT molecular complexity index is 647. The van der Waals surface area contributed by atoms with Crippen molar-refractivity contribution < 1.29 is 0 Å². The molecule has 88 valence electrons. The number of hydrogen-bond donors (Lipinski definition) is 1. The minimum atomic E-state index is 0.798. The van der Waals surface area contributed by atoms with E-state index in [2.05, 4.69) is 58.8 Å². The zero-order valence-electron chi connectivity index (χ0n) is 10.0. The quantitative estimate of drug-likeness (QED) is 0.744. The molecule has 2 nitrogen and oxygen atoms in total. The number of hydrogen-bond acceptors (Lipinski definition) is 2. The van der Waals surface area contributed by atoms with Gasteiger partial charge in [-0.3, -0.25) is 4.98 Å². The second-order valence-corrected chi connectivity index (χ2v) is 4.28. The molecule has 0 aliphatic heterocycles. The van der Waals surface area contributed by atoms with Crippen LogP contribution in [0.1, 0.15) is 5.56 Å². The van der Waals surface area contributed by atoms with Crippen molar-refractivity contribution in [3.8, 4) is 0 Å². The maximum Gasteiger partial charge on any atom is 0.0416 e. The van der Waals surface area contributed by atoms with Crippen LogP contribution in [0.15, 0.2) is 67.0 Å². The summed E-state index contributed by atoms with van der Waals surface area (Å²) < 4.78 is 0. The highest BCUT2D eigenvalue weighted by Gasteiger charge is 1.96. The van der Waals surface area contributed by atoms with Crippen LogP contribution in [0.4, 0.5) is 5.69 Å². The number of rotatable bonds is 3. The number of benzene rings is 2. The Hall–Kier alpha value is -2.35. The maximum atomic E-state index is 4.11. The maximum absolute atomic E-state index is 4.11. The summed E-state index contributed by atoms with van der Waals surface area (Å²) in [5.74, 6) is 0. The van der Waals surface area contributed by atoms with Crippen molar-refractivity contribution in [1.82, 2.24) is 4.98 Å². The van der Waals surface area contributed by atoms with Crippen molar-refractivity contribution >= 4 is 16.5 Å². The zero-order valence-corrected chi connectivity index (χ0v) is 10.0. The lowest BCUT2D eigenvalue weighted by Crippen LogP contribution is -1.99. The molecule has 0 saturated heterocycles. The molecule has 0 spiro atoms. The molecule has 0 amide bonds. The highest BCUT2D eigenvalue weighted by atomic mass is 14.9. The smallest absolute Gasteiger partial charge is 0.0416 e. The fourth-order valence-electron chi connectivity index (χ4n) is 2.01. The Balaban J connectivity index is 1.79. The van der Waals surface area contributed by atoms with Crippen molar-refractivity contribution in [3.63, 3.8) is 0 Å². The van der Waals surface area contributed by atoms with Crippen LogP contribution in [0, 0.1) is 0 Å². The number of pyridine rings is 1. The lowest BCUT2D eigenvalue weighted by molar-refractivity contribution is 1.11. The van der Waals surface area contributed by atoms with E-state index in [0.717, 1.165) is 12.2 Å². The zero-order chi connectivity index (χ0) is 12.2. The third-order valence-corrected chi connectivity index (χ3v) is 2.97. The summed E-state index contributed by atoms with van der Waals surface area (Å²) in [6.45, 7) is 0.798. The molecule has 1 aromatic heterocycles. The van der Waals surface area contributed by atoms with Gasteiger partial charge >= 0.3 is 0 Å². The molecule has 18 heavy (non-hydrogen) atoms. The average Bonchev–Trinajstić information content (AvgIpc) is 2.46. The number of nitrogens with one attached hydrogen (secondary N) is 1. The Morgan fingerprint density at radius 3 is 2.61 bits per heavy atom. The van der Waals surface area contributed by atoms with Crippen LogP contribution in [-0.2, 0) is 6.54 Å². The normalized spacial score (nSPS) is 10.4. The fourth-order valence-corrected chi connectivity index (χ4v) is 2.01. The molecule has 3 rings (SSSR count). The molecule has 0 radical (unpaired) electrons. The fraction of sp³-hybridized carbons (Fsp3) is 0.0625. The van der Waals surface area contributed by atoms with E-state index in [1.165, 1.54) is 16.3 Å².